The van der Waals surface area contributed by atoms with Crippen LogP contribution in [0.2, 0.25) is 0 Å². The number of aliphatic hydroxyl groups is 2. The second-order valence-corrected chi connectivity index (χ2v) is 7.10. The zero-order chi connectivity index (χ0) is 15.0. The number of rotatable bonds is 4. The first-order valence-electron chi connectivity index (χ1n) is 8.32. The number of ketones is 1. The highest BCUT2D eigenvalue weighted by Gasteiger charge is 2.49. The summed E-state index contributed by atoms with van der Waals surface area (Å²) < 4.78 is 0. The third-order valence-electron chi connectivity index (χ3n) is 5.80. The van der Waals surface area contributed by atoms with Gasteiger partial charge in [0.1, 0.15) is 0 Å². The molecule has 1 unspecified atom stereocenters. The molecule has 0 aromatic carbocycles. The molecule has 0 heterocycles. The van der Waals surface area contributed by atoms with Gasteiger partial charge in [-0.2, -0.15) is 0 Å². The maximum absolute atomic E-state index is 12.0. The van der Waals surface area contributed by atoms with Crippen molar-refractivity contribution in [1.82, 2.24) is 0 Å². The summed E-state index contributed by atoms with van der Waals surface area (Å²) in [6, 6.07) is 0. The lowest BCUT2D eigenvalue weighted by atomic mass is 9.90. The molecule has 0 aromatic heterocycles. The molecule has 0 bridgehead atoms. The van der Waals surface area contributed by atoms with Gasteiger partial charge in [-0.05, 0) is 49.5 Å². The molecule has 0 aromatic rings. The molecule has 3 fully saturated rings. The van der Waals surface area contributed by atoms with Gasteiger partial charge in [0.2, 0.25) is 0 Å². The number of hydrogen-bond donors (Lipinski definition) is 2. The first-order valence-corrected chi connectivity index (χ1v) is 8.32. The van der Waals surface area contributed by atoms with E-state index in [1.165, 1.54) is 12.8 Å². The molecule has 0 aliphatic heterocycles. The highest BCUT2D eigenvalue weighted by atomic mass is 16.3. The van der Waals surface area contributed by atoms with Gasteiger partial charge in [0.15, 0.2) is 5.78 Å². The number of allylic oxidation sites excluding steroid dienone is 1. The maximum atomic E-state index is 12.0. The molecule has 5 atom stereocenters. The molecule has 3 aliphatic carbocycles. The van der Waals surface area contributed by atoms with Crippen LogP contribution in [0.5, 0.6) is 0 Å². The first kappa shape index (κ1) is 15.0. The molecule has 0 radical (unpaired) electrons. The van der Waals surface area contributed by atoms with E-state index in [-0.39, 0.29) is 29.6 Å². The van der Waals surface area contributed by atoms with Gasteiger partial charge in [0.05, 0.1) is 12.2 Å². The van der Waals surface area contributed by atoms with Gasteiger partial charge in [-0.1, -0.05) is 31.6 Å². The molecule has 0 amide bonds. The predicted molar refractivity (Wildman–Crippen MR) is 81.6 cm³/mol. The smallest absolute Gasteiger partial charge is 0.161 e. The molecule has 21 heavy (non-hydrogen) atoms. The Bertz CT molecular complexity index is 447. The Hall–Kier alpha value is -0.930. The predicted octanol–water partition coefficient (Wildman–Crippen LogP) is 2.63. The zero-order valence-corrected chi connectivity index (χ0v) is 12.6. The molecule has 3 aliphatic rings. The van der Waals surface area contributed by atoms with E-state index in [1.807, 2.05) is 12.2 Å². The highest BCUT2D eigenvalue weighted by Crippen LogP contribution is 2.48. The minimum Gasteiger partial charge on any atom is -0.393 e. The van der Waals surface area contributed by atoms with Gasteiger partial charge in [-0.3, -0.25) is 4.79 Å². The first-order chi connectivity index (χ1) is 10.1. The summed E-state index contributed by atoms with van der Waals surface area (Å²) in [5.74, 6) is 0.848. The minimum atomic E-state index is -0.420. The standard InChI is InChI=1S/C18H26O3/c1-11-9-14-13(17(20)10-15(14)18(11)21)7-4-8-16(19)12-5-2-3-6-12/h4,7,12-17,19-20H,1-3,5-6,8-10H2/t13-,14-,15-,16?,17+/m0/s1. The van der Waals surface area contributed by atoms with Crippen LogP contribution in [0.25, 0.3) is 0 Å². The van der Waals surface area contributed by atoms with Crippen LogP contribution in [0.1, 0.15) is 44.9 Å². The van der Waals surface area contributed by atoms with Gasteiger partial charge < -0.3 is 10.2 Å². The molecule has 3 rings (SSSR count). The topological polar surface area (TPSA) is 57.5 Å². The zero-order valence-electron chi connectivity index (χ0n) is 12.6. The molecule has 3 nitrogen and oxygen atoms in total. The maximum Gasteiger partial charge on any atom is 0.161 e. The molecule has 116 valence electrons. The van der Waals surface area contributed by atoms with E-state index in [2.05, 4.69) is 6.58 Å². The Kier molecular flexibility index (Phi) is 4.32. The van der Waals surface area contributed by atoms with Crippen molar-refractivity contribution in [1.29, 1.82) is 0 Å². The second-order valence-electron chi connectivity index (χ2n) is 7.10. The molecule has 0 saturated heterocycles. The Morgan fingerprint density at radius 1 is 1.33 bits per heavy atom. The third kappa shape index (κ3) is 2.86. The SMILES string of the molecule is C=C1C[C@H]2[C@H](C=CCC(O)C3CCCC3)[C@H](O)C[C@@H]2C1=O. The fourth-order valence-corrected chi connectivity index (χ4v) is 4.55. The van der Waals surface area contributed by atoms with Gasteiger partial charge in [-0.25, -0.2) is 0 Å². The van der Waals surface area contributed by atoms with Gasteiger partial charge >= 0.3 is 0 Å². The van der Waals surface area contributed by atoms with E-state index < -0.39 is 6.10 Å². The lowest BCUT2D eigenvalue weighted by Gasteiger charge is -2.18. The fourth-order valence-electron chi connectivity index (χ4n) is 4.55. The van der Waals surface area contributed by atoms with Crippen LogP contribution in [0.15, 0.2) is 24.3 Å². The summed E-state index contributed by atoms with van der Waals surface area (Å²) in [7, 11) is 0. The van der Waals surface area contributed by atoms with Crippen molar-refractivity contribution in [2.75, 3.05) is 0 Å². The lowest BCUT2D eigenvalue weighted by molar-refractivity contribution is -0.118. The molecular weight excluding hydrogens is 264 g/mol. The van der Waals surface area contributed by atoms with Crippen molar-refractivity contribution < 1.29 is 15.0 Å². The third-order valence-corrected chi connectivity index (χ3v) is 5.80. The molecule has 3 heteroatoms. The highest BCUT2D eigenvalue weighted by molar-refractivity contribution is 5.99. The number of carbonyl (C=O) groups is 1. The summed E-state index contributed by atoms with van der Waals surface area (Å²) in [5, 5.41) is 20.4. The van der Waals surface area contributed by atoms with E-state index in [0.29, 0.717) is 18.8 Å². The monoisotopic (exact) mass is 290 g/mol. The number of fused-ring (bicyclic) bond motifs is 1. The van der Waals surface area contributed by atoms with Gasteiger partial charge in [-0.15, -0.1) is 0 Å². The summed E-state index contributed by atoms with van der Waals surface area (Å²) in [5.41, 5.74) is 0.723. The van der Waals surface area contributed by atoms with Crippen molar-refractivity contribution in [3.8, 4) is 0 Å². The summed E-state index contributed by atoms with van der Waals surface area (Å²) >= 11 is 0. The number of hydrogen-bond acceptors (Lipinski definition) is 3. The van der Waals surface area contributed by atoms with Crippen LogP contribution < -0.4 is 0 Å². The van der Waals surface area contributed by atoms with Crippen LogP contribution >= 0.6 is 0 Å². The average Bonchev–Trinajstić information content (AvgIpc) is 3.13. The number of carbonyl (C=O) groups excluding carboxylic acids is 1. The molecule has 0 spiro atoms. The Labute approximate surface area is 126 Å². The Morgan fingerprint density at radius 2 is 2.05 bits per heavy atom. The molecule has 2 N–H and O–H groups in total. The Morgan fingerprint density at radius 3 is 2.76 bits per heavy atom. The minimum absolute atomic E-state index is 0.0260. The van der Waals surface area contributed by atoms with Crippen molar-refractivity contribution in [3.63, 3.8) is 0 Å². The average molecular weight is 290 g/mol. The summed E-state index contributed by atoms with van der Waals surface area (Å²) in [6.45, 7) is 3.84. The second kappa shape index (κ2) is 6.05. The van der Waals surface area contributed by atoms with E-state index in [1.54, 1.807) is 0 Å². The lowest BCUT2D eigenvalue weighted by Crippen LogP contribution is -2.18. The van der Waals surface area contributed by atoms with Crippen LogP contribution in [0.3, 0.4) is 0 Å². The quantitative estimate of drug-likeness (QED) is 0.618. The normalized spacial score (nSPS) is 38.6. The van der Waals surface area contributed by atoms with Crippen LogP contribution in [-0.2, 0) is 4.79 Å². The van der Waals surface area contributed by atoms with E-state index >= 15 is 0 Å². The van der Waals surface area contributed by atoms with Gasteiger partial charge in [0, 0.05) is 11.8 Å². The van der Waals surface area contributed by atoms with E-state index in [4.69, 9.17) is 0 Å². The van der Waals surface area contributed by atoms with Crippen molar-refractivity contribution in [3.05, 3.63) is 24.3 Å². The van der Waals surface area contributed by atoms with Crippen molar-refractivity contribution in [2.45, 2.75) is 57.2 Å². The number of Topliss-reactive ketones (excluding diaryl/α,β-unsaturated/α-hetero) is 1. The summed E-state index contributed by atoms with van der Waals surface area (Å²) in [4.78, 5) is 12.0. The largest absolute Gasteiger partial charge is 0.393 e. The fraction of sp³-hybridized carbons (Fsp3) is 0.722. The van der Waals surface area contributed by atoms with Crippen molar-refractivity contribution in [2.24, 2.45) is 23.7 Å². The van der Waals surface area contributed by atoms with E-state index in [9.17, 15) is 15.0 Å². The van der Waals surface area contributed by atoms with E-state index in [0.717, 1.165) is 24.8 Å². The number of aliphatic hydroxyl groups excluding tert-OH is 2. The van der Waals surface area contributed by atoms with Crippen molar-refractivity contribution >= 4 is 5.78 Å². The Balaban J connectivity index is 1.57. The van der Waals surface area contributed by atoms with Gasteiger partial charge in [0.25, 0.3) is 0 Å². The van der Waals surface area contributed by atoms with Crippen LogP contribution in [0.4, 0.5) is 0 Å². The summed E-state index contributed by atoms with van der Waals surface area (Å²) in [6.07, 6.45) is 10.1. The van der Waals surface area contributed by atoms with Crippen LogP contribution in [-0.4, -0.2) is 28.2 Å². The van der Waals surface area contributed by atoms with Crippen LogP contribution in [0, 0.1) is 23.7 Å². The molecular formula is C18H26O3. The molecule has 3 saturated carbocycles.